The average Bonchev–Trinajstić information content (AvgIpc) is 2.44. The molecule has 0 aliphatic carbocycles. The summed E-state index contributed by atoms with van der Waals surface area (Å²) in [6.07, 6.45) is 1.59. The minimum absolute atomic E-state index is 0.0432. The number of hydrogen-bond donors (Lipinski definition) is 2. The van der Waals surface area contributed by atoms with E-state index < -0.39 is 9.84 Å². The third-order valence-electron chi connectivity index (χ3n) is 3.23. The summed E-state index contributed by atoms with van der Waals surface area (Å²) in [6, 6.07) is 8.45. The molecule has 7 nitrogen and oxygen atoms in total. The van der Waals surface area contributed by atoms with Gasteiger partial charge < -0.3 is 11.1 Å². The van der Waals surface area contributed by atoms with E-state index in [1.54, 1.807) is 24.3 Å². The number of nitrogens with two attached hydrogens (primary N) is 1. The number of hydrogen-bond acceptors (Lipinski definition) is 6. The number of anilines is 2. The molecule has 134 valence electrons. The molecule has 1 heterocycles. The van der Waals surface area contributed by atoms with Crippen LogP contribution in [0, 0.1) is 5.92 Å². The van der Waals surface area contributed by atoms with E-state index in [1.165, 1.54) is 6.07 Å². The van der Waals surface area contributed by atoms with E-state index >= 15 is 0 Å². The Morgan fingerprint density at radius 1 is 1.20 bits per heavy atom. The summed E-state index contributed by atoms with van der Waals surface area (Å²) >= 11 is 0. The Bertz CT molecular complexity index is 862. The van der Waals surface area contributed by atoms with E-state index in [1.807, 2.05) is 13.8 Å². The van der Waals surface area contributed by atoms with Crippen LogP contribution in [0.1, 0.15) is 26.0 Å². The Morgan fingerprint density at radius 3 is 2.40 bits per heavy atom. The summed E-state index contributed by atoms with van der Waals surface area (Å²) in [4.78, 5) is 20.2. The lowest BCUT2D eigenvalue weighted by molar-refractivity contribution is -0.116. The van der Waals surface area contributed by atoms with E-state index in [9.17, 15) is 13.2 Å². The highest BCUT2D eigenvalue weighted by molar-refractivity contribution is 7.89. The third kappa shape index (κ3) is 6.15. The van der Waals surface area contributed by atoms with Crippen molar-refractivity contribution in [2.75, 3.05) is 17.3 Å². The average molecular weight is 362 g/mol. The number of nitrogens with zero attached hydrogens (tertiary/aromatic N) is 2. The van der Waals surface area contributed by atoms with Crippen molar-refractivity contribution in [2.24, 2.45) is 5.92 Å². The van der Waals surface area contributed by atoms with Gasteiger partial charge in [-0.1, -0.05) is 13.8 Å². The molecule has 0 spiro atoms. The number of sulfone groups is 1. The summed E-state index contributed by atoms with van der Waals surface area (Å²) < 4.78 is 22.9. The van der Waals surface area contributed by atoms with Crippen LogP contribution in [0.25, 0.3) is 11.4 Å². The second-order valence-corrected chi connectivity index (χ2v) is 8.54. The third-order valence-corrected chi connectivity index (χ3v) is 4.05. The molecule has 2 rings (SSSR count). The molecule has 0 aliphatic rings. The molecule has 0 bridgehead atoms. The van der Waals surface area contributed by atoms with Crippen molar-refractivity contribution >= 4 is 27.2 Å². The summed E-state index contributed by atoms with van der Waals surface area (Å²) in [5.74, 6) is 0.596. The van der Waals surface area contributed by atoms with Crippen molar-refractivity contribution in [3.63, 3.8) is 0 Å². The quantitative estimate of drug-likeness (QED) is 0.814. The zero-order chi connectivity index (χ0) is 18.6. The molecule has 0 aliphatic heterocycles. The first-order valence-corrected chi connectivity index (χ1v) is 9.90. The summed E-state index contributed by atoms with van der Waals surface area (Å²) in [5.41, 5.74) is 7.46. The molecule has 0 saturated carbocycles. The monoisotopic (exact) mass is 362 g/mol. The van der Waals surface area contributed by atoms with Gasteiger partial charge in [0.25, 0.3) is 0 Å². The summed E-state index contributed by atoms with van der Waals surface area (Å²) in [6.45, 7) is 3.96. The van der Waals surface area contributed by atoms with Crippen LogP contribution in [0.15, 0.2) is 30.3 Å². The molecular weight excluding hydrogens is 340 g/mol. The van der Waals surface area contributed by atoms with Crippen molar-refractivity contribution < 1.29 is 13.2 Å². The smallest absolute Gasteiger partial charge is 0.224 e. The number of nitrogens with one attached hydrogen (secondary N) is 1. The number of aromatic nitrogens is 2. The van der Waals surface area contributed by atoms with E-state index in [4.69, 9.17) is 5.73 Å². The number of carbonyl (C=O) groups is 1. The molecular formula is C17H22N4O3S. The summed E-state index contributed by atoms with van der Waals surface area (Å²) in [7, 11) is -3.22. The van der Waals surface area contributed by atoms with Crippen molar-refractivity contribution in [1.29, 1.82) is 0 Å². The molecule has 1 aromatic carbocycles. The predicted octanol–water partition coefficient (Wildman–Crippen LogP) is 2.25. The van der Waals surface area contributed by atoms with Crippen molar-refractivity contribution in [3.8, 4) is 11.4 Å². The van der Waals surface area contributed by atoms with Crippen molar-refractivity contribution in [3.05, 3.63) is 36.0 Å². The maximum atomic E-state index is 11.8. The van der Waals surface area contributed by atoms with Crippen LogP contribution >= 0.6 is 0 Å². The standard InChI is InChI=1S/C17H22N4O3S/c1-11(2)8-16(22)19-13-6-4-12(5-7-13)17-20-14(9-15(18)21-17)10-25(3,23)24/h4-7,9,11H,8,10H2,1-3H3,(H,19,22)(H2,18,20,21). The van der Waals surface area contributed by atoms with Crippen LogP contribution in [0.2, 0.25) is 0 Å². The highest BCUT2D eigenvalue weighted by Gasteiger charge is 2.11. The number of nitrogen functional groups attached to an aromatic ring is 1. The molecule has 0 unspecified atom stereocenters. The first-order chi connectivity index (χ1) is 11.6. The fraction of sp³-hybridized carbons (Fsp3) is 0.353. The van der Waals surface area contributed by atoms with Gasteiger partial charge in [0.05, 0.1) is 11.4 Å². The Morgan fingerprint density at radius 2 is 1.84 bits per heavy atom. The van der Waals surface area contributed by atoms with E-state index in [0.717, 1.165) is 6.26 Å². The molecule has 0 atom stereocenters. The maximum absolute atomic E-state index is 11.8. The largest absolute Gasteiger partial charge is 0.384 e. The minimum atomic E-state index is -3.22. The predicted molar refractivity (Wildman–Crippen MR) is 98.5 cm³/mol. The maximum Gasteiger partial charge on any atom is 0.224 e. The molecule has 1 aromatic heterocycles. The van der Waals surface area contributed by atoms with Gasteiger partial charge in [-0.25, -0.2) is 18.4 Å². The lowest BCUT2D eigenvalue weighted by Gasteiger charge is -2.09. The first kappa shape index (κ1) is 18.9. The zero-order valence-electron chi connectivity index (χ0n) is 14.5. The van der Waals surface area contributed by atoms with Gasteiger partial charge in [0, 0.05) is 30.0 Å². The van der Waals surface area contributed by atoms with Gasteiger partial charge in [-0.3, -0.25) is 4.79 Å². The minimum Gasteiger partial charge on any atom is -0.384 e. The van der Waals surface area contributed by atoms with E-state index in [-0.39, 0.29) is 23.4 Å². The zero-order valence-corrected chi connectivity index (χ0v) is 15.3. The van der Waals surface area contributed by atoms with Crippen LogP contribution in [0.3, 0.4) is 0 Å². The Labute approximate surface area is 147 Å². The van der Waals surface area contributed by atoms with Gasteiger partial charge in [0.1, 0.15) is 5.82 Å². The second-order valence-electron chi connectivity index (χ2n) is 6.40. The molecule has 8 heteroatoms. The topological polar surface area (TPSA) is 115 Å². The molecule has 1 amide bonds. The van der Waals surface area contributed by atoms with Crippen LogP contribution < -0.4 is 11.1 Å². The SMILES string of the molecule is CC(C)CC(=O)Nc1ccc(-c2nc(N)cc(CS(C)(=O)=O)n2)cc1. The normalized spacial score (nSPS) is 11.5. The number of benzene rings is 1. The molecule has 0 radical (unpaired) electrons. The molecule has 3 N–H and O–H groups in total. The highest BCUT2D eigenvalue weighted by Crippen LogP contribution is 2.20. The molecule has 0 saturated heterocycles. The molecule has 25 heavy (non-hydrogen) atoms. The van der Waals surface area contributed by atoms with Crippen LogP contribution in [0.4, 0.5) is 11.5 Å². The van der Waals surface area contributed by atoms with Gasteiger partial charge in [-0.2, -0.15) is 0 Å². The number of amides is 1. The van der Waals surface area contributed by atoms with Crippen LogP contribution in [-0.4, -0.2) is 30.5 Å². The molecule has 2 aromatic rings. The number of carbonyl (C=O) groups excluding carboxylic acids is 1. The van der Waals surface area contributed by atoms with Gasteiger partial charge in [-0.05, 0) is 30.2 Å². The van der Waals surface area contributed by atoms with Gasteiger partial charge in [0.2, 0.25) is 5.91 Å². The van der Waals surface area contributed by atoms with Crippen LogP contribution in [-0.2, 0) is 20.4 Å². The van der Waals surface area contributed by atoms with E-state index in [2.05, 4.69) is 15.3 Å². The van der Waals surface area contributed by atoms with E-state index in [0.29, 0.717) is 29.2 Å². The van der Waals surface area contributed by atoms with Gasteiger partial charge >= 0.3 is 0 Å². The lowest BCUT2D eigenvalue weighted by atomic mass is 10.1. The lowest BCUT2D eigenvalue weighted by Crippen LogP contribution is -2.13. The molecule has 0 fully saturated rings. The van der Waals surface area contributed by atoms with Gasteiger partial charge in [-0.15, -0.1) is 0 Å². The fourth-order valence-corrected chi connectivity index (χ4v) is 2.96. The van der Waals surface area contributed by atoms with Gasteiger partial charge in [0.15, 0.2) is 15.7 Å². The Kier molecular flexibility index (Phi) is 5.73. The van der Waals surface area contributed by atoms with Crippen molar-refractivity contribution in [2.45, 2.75) is 26.0 Å². The first-order valence-electron chi connectivity index (χ1n) is 7.84. The highest BCUT2D eigenvalue weighted by atomic mass is 32.2. The fourth-order valence-electron chi connectivity index (χ4n) is 2.28. The summed E-state index contributed by atoms with van der Waals surface area (Å²) in [5, 5.41) is 2.82. The Hall–Kier alpha value is -2.48. The second kappa shape index (κ2) is 7.60. The number of rotatable bonds is 6. The van der Waals surface area contributed by atoms with Crippen molar-refractivity contribution in [1.82, 2.24) is 9.97 Å². The van der Waals surface area contributed by atoms with Crippen LogP contribution in [0.5, 0.6) is 0 Å². The Balaban J connectivity index is 2.20.